The molecule has 22 heavy (non-hydrogen) atoms. The lowest BCUT2D eigenvalue weighted by molar-refractivity contribution is 0.0600. The van der Waals surface area contributed by atoms with Crippen LogP contribution >= 0.6 is 0 Å². The Morgan fingerprint density at radius 3 is 2.95 bits per heavy atom. The van der Waals surface area contributed by atoms with E-state index >= 15 is 0 Å². The van der Waals surface area contributed by atoms with Gasteiger partial charge in [0, 0.05) is 12.6 Å². The summed E-state index contributed by atoms with van der Waals surface area (Å²) in [6.45, 7) is 0. The third-order valence-corrected chi connectivity index (χ3v) is 3.34. The molecule has 0 bridgehead atoms. The zero-order chi connectivity index (χ0) is 15.5. The van der Waals surface area contributed by atoms with Crippen molar-refractivity contribution in [2.75, 3.05) is 7.11 Å². The lowest BCUT2D eigenvalue weighted by Crippen LogP contribution is -2.12. The van der Waals surface area contributed by atoms with E-state index in [-0.39, 0.29) is 11.5 Å². The molecule has 1 N–H and O–H groups in total. The van der Waals surface area contributed by atoms with Crippen LogP contribution in [0.3, 0.4) is 0 Å². The molecule has 0 saturated heterocycles. The zero-order valence-corrected chi connectivity index (χ0v) is 11.9. The summed E-state index contributed by atoms with van der Waals surface area (Å²) in [5.41, 5.74) is 2.30. The number of carbonyl (C=O) groups excluding carboxylic acids is 1. The Bertz CT molecular complexity index is 902. The van der Waals surface area contributed by atoms with Gasteiger partial charge in [-0.15, -0.1) is 0 Å². The highest BCUT2D eigenvalue weighted by atomic mass is 16.5. The van der Waals surface area contributed by atoms with Crippen LogP contribution < -0.4 is 5.56 Å². The summed E-state index contributed by atoms with van der Waals surface area (Å²) in [5.74, 6) is -0.390. The lowest BCUT2D eigenvalue weighted by atomic mass is 10.0. The fourth-order valence-electron chi connectivity index (χ4n) is 2.29. The Morgan fingerprint density at radius 2 is 2.14 bits per heavy atom. The van der Waals surface area contributed by atoms with Crippen molar-refractivity contribution in [1.82, 2.24) is 15.2 Å². The second-order valence-electron chi connectivity index (χ2n) is 4.77. The summed E-state index contributed by atoms with van der Waals surface area (Å²) in [4.78, 5) is 27.6. The van der Waals surface area contributed by atoms with Gasteiger partial charge in [-0.05, 0) is 29.8 Å². The molecule has 0 fully saturated rings. The van der Waals surface area contributed by atoms with Crippen molar-refractivity contribution in [3.05, 3.63) is 69.8 Å². The highest BCUT2D eigenvalue weighted by Gasteiger charge is 2.10. The Balaban J connectivity index is 2.02. The number of fused-ring (bicyclic) bond motifs is 1. The number of benzene rings is 1. The van der Waals surface area contributed by atoms with E-state index in [1.165, 1.54) is 7.11 Å². The molecule has 0 saturated carbocycles. The average molecular weight is 295 g/mol. The topological polar surface area (TPSA) is 84.9 Å². The number of ether oxygens (including phenoxy) is 1. The number of nitrogens with zero attached hydrogens (tertiary/aromatic N) is 2. The van der Waals surface area contributed by atoms with Crippen LogP contribution in [0, 0.1) is 0 Å². The Morgan fingerprint density at radius 1 is 1.27 bits per heavy atom. The van der Waals surface area contributed by atoms with Crippen molar-refractivity contribution in [3.8, 4) is 0 Å². The van der Waals surface area contributed by atoms with Crippen LogP contribution in [0.5, 0.6) is 0 Å². The molecule has 1 aromatic carbocycles. The van der Waals surface area contributed by atoms with E-state index in [0.29, 0.717) is 28.6 Å². The molecule has 0 unspecified atom stereocenters. The summed E-state index contributed by atoms with van der Waals surface area (Å²) in [6.07, 6.45) is 2.08. The van der Waals surface area contributed by atoms with Crippen LogP contribution in [0.15, 0.2) is 47.4 Å². The number of methoxy groups -OCH3 is 1. The van der Waals surface area contributed by atoms with E-state index in [4.69, 9.17) is 4.74 Å². The van der Waals surface area contributed by atoms with Crippen LogP contribution in [0.4, 0.5) is 0 Å². The maximum Gasteiger partial charge on any atom is 0.337 e. The molecule has 3 aromatic rings. The predicted octanol–water partition coefficient (Wildman–Crippen LogP) is 1.70. The summed E-state index contributed by atoms with van der Waals surface area (Å²) in [7, 11) is 1.34. The monoisotopic (exact) mass is 295 g/mol. The summed E-state index contributed by atoms with van der Waals surface area (Å²) in [6, 6.07) is 10.5. The van der Waals surface area contributed by atoms with Gasteiger partial charge in [0.1, 0.15) is 0 Å². The molecule has 0 amide bonds. The summed E-state index contributed by atoms with van der Waals surface area (Å²) in [5, 5.41) is 7.05. The van der Waals surface area contributed by atoms with Gasteiger partial charge in [-0.2, -0.15) is 5.10 Å². The molecule has 6 nitrogen and oxygen atoms in total. The minimum Gasteiger partial charge on any atom is -0.465 e. The molecule has 110 valence electrons. The quantitative estimate of drug-likeness (QED) is 0.743. The largest absolute Gasteiger partial charge is 0.465 e. The molecule has 0 aliphatic heterocycles. The smallest absolute Gasteiger partial charge is 0.337 e. The number of aromatic nitrogens is 3. The molecule has 2 heterocycles. The maximum atomic E-state index is 11.7. The van der Waals surface area contributed by atoms with Gasteiger partial charge in [0.25, 0.3) is 5.56 Å². The number of esters is 1. The molecule has 0 atom stereocenters. The first kappa shape index (κ1) is 13.9. The standard InChI is InChI=1S/C16H13N3O3/c1-22-16(21)11-5-2-4-10(8-11)9-13-14-12(6-3-7-17-14)15(20)19-18-13/h2-8H,9H2,1H3,(H,19,20). The fourth-order valence-corrected chi connectivity index (χ4v) is 2.29. The Kier molecular flexibility index (Phi) is 3.65. The van der Waals surface area contributed by atoms with Gasteiger partial charge in [0.05, 0.1) is 29.3 Å². The number of rotatable bonds is 3. The number of H-pyrrole nitrogens is 1. The highest BCUT2D eigenvalue weighted by molar-refractivity contribution is 5.89. The molecular weight excluding hydrogens is 282 g/mol. The van der Waals surface area contributed by atoms with E-state index in [0.717, 1.165) is 5.56 Å². The van der Waals surface area contributed by atoms with Gasteiger partial charge < -0.3 is 4.74 Å². The number of hydrogen-bond donors (Lipinski definition) is 1. The first-order valence-corrected chi connectivity index (χ1v) is 6.68. The zero-order valence-electron chi connectivity index (χ0n) is 11.9. The second kappa shape index (κ2) is 5.77. The van der Waals surface area contributed by atoms with Crippen molar-refractivity contribution < 1.29 is 9.53 Å². The first-order chi connectivity index (χ1) is 10.7. The van der Waals surface area contributed by atoms with E-state index in [1.807, 2.05) is 6.07 Å². The fraction of sp³-hybridized carbons (Fsp3) is 0.125. The third-order valence-electron chi connectivity index (χ3n) is 3.34. The predicted molar refractivity (Wildman–Crippen MR) is 80.7 cm³/mol. The Labute approximate surface area is 125 Å². The van der Waals surface area contributed by atoms with E-state index in [1.54, 1.807) is 36.5 Å². The minimum absolute atomic E-state index is 0.268. The average Bonchev–Trinajstić information content (AvgIpc) is 2.57. The molecule has 0 radical (unpaired) electrons. The summed E-state index contributed by atoms with van der Waals surface area (Å²) < 4.78 is 4.71. The number of pyridine rings is 1. The van der Waals surface area contributed by atoms with Crippen molar-refractivity contribution in [1.29, 1.82) is 0 Å². The van der Waals surface area contributed by atoms with Crippen LogP contribution in [0.2, 0.25) is 0 Å². The van der Waals surface area contributed by atoms with Crippen molar-refractivity contribution in [2.24, 2.45) is 0 Å². The van der Waals surface area contributed by atoms with E-state index < -0.39 is 0 Å². The molecule has 0 spiro atoms. The van der Waals surface area contributed by atoms with Crippen molar-refractivity contribution in [3.63, 3.8) is 0 Å². The Hall–Kier alpha value is -3.02. The molecule has 2 aromatic heterocycles. The SMILES string of the molecule is COC(=O)c1cccc(Cc2n[nH]c(=O)c3cccnc23)c1. The van der Waals surface area contributed by atoms with Gasteiger partial charge >= 0.3 is 5.97 Å². The van der Waals surface area contributed by atoms with Gasteiger partial charge in [-0.3, -0.25) is 9.78 Å². The molecule has 6 heteroatoms. The number of hydrogen-bond acceptors (Lipinski definition) is 5. The van der Waals surface area contributed by atoms with Gasteiger partial charge in [-0.25, -0.2) is 9.89 Å². The maximum absolute atomic E-state index is 11.7. The summed E-state index contributed by atoms with van der Waals surface area (Å²) >= 11 is 0. The third kappa shape index (κ3) is 2.58. The normalized spacial score (nSPS) is 10.6. The van der Waals surface area contributed by atoms with Gasteiger partial charge in [-0.1, -0.05) is 12.1 Å². The second-order valence-corrected chi connectivity index (χ2v) is 4.77. The number of nitrogens with one attached hydrogen (secondary N) is 1. The first-order valence-electron chi connectivity index (χ1n) is 6.68. The minimum atomic E-state index is -0.390. The van der Waals surface area contributed by atoms with Gasteiger partial charge in [0.2, 0.25) is 0 Å². The molecule has 0 aliphatic carbocycles. The van der Waals surface area contributed by atoms with E-state index in [9.17, 15) is 9.59 Å². The van der Waals surface area contributed by atoms with Crippen molar-refractivity contribution >= 4 is 16.9 Å². The molecule has 3 rings (SSSR count). The molecular formula is C16H13N3O3. The lowest BCUT2D eigenvalue weighted by Gasteiger charge is -2.06. The van der Waals surface area contributed by atoms with Crippen molar-refractivity contribution in [2.45, 2.75) is 6.42 Å². The van der Waals surface area contributed by atoms with Crippen LogP contribution in [-0.2, 0) is 11.2 Å². The number of aromatic amines is 1. The van der Waals surface area contributed by atoms with E-state index in [2.05, 4.69) is 15.2 Å². The van der Waals surface area contributed by atoms with Crippen LogP contribution in [0.1, 0.15) is 21.6 Å². The van der Waals surface area contributed by atoms with Crippen LogP contribution in [-0.4, -0.2) is 28.3 Å². The molecule has 0 aliphatic rings. The highest BCUT2D eigenvalue weighted by Crippen LogP contribution is 2.15. The van der Waals surface area contributed by atoms with Gasteiger partial charge in [0.15, 0.2) is 0 Å². The van der Waals surface area contributed by atoms with Crippen LogP contribution in [0.25, 0.3) is 10.9 Å². The number of carbonyl (C=O) groups is 1.